The number of aromatic nitrogens is 2. The molecule has 8 nitrogen and oxygen atoms in total. The number of nitrogens with one attached hydrogen (secondary N) is 1. The molecule has 37 heavy (non-hydrogen) atoms. The zero-order chi connectivity index (χ0) is 25.9. The number of fused-ring (bicyclic) bond motifs is 1. The second-order valence-electron chi connectivity index (χ2n) is 12.9. The lowest BCUT2D eigenvalue weighted by molar-refractivity contribution is -0.0971. The van der Waals surface area contributed by atoms with Crippen LogP contribution in [0.15, 0.2) is 4.52 Å². The number of alkyl halides is 2. The lowest BCUT2D eigenvalue weighted by atomic mass is 9.85. The Labute approximate surface area is 218 Å². The van der Waals surface area contributed by atoms with Crippen LogP contribution in [0.4, 0.5) is 13.6 Å². The van der Waals surface area contributed by atoms with Crippen LogP contribution in [0.25, 0.3) is 0 Å². The number of carbonyl (C=O) groups excluding carboxylic acids is 1. The first-order valence-electron chi connectivity index (χ1n) is 14.4. The highest BCUT2D eigenvalue weighted by Gasteiger charge is 2.53. The summed E-state index contributed by atoms with van der Waals surface area (Å²) in [6, 6.07) is -1.32. The van der Waals surface area contributed by atoms with Gasteiger partial charge in [-0.05, 0) is 64.2 Å². The van der Waals surface area contributed by atoms with E-state index in [4.69, 9.17) is 9.51 Å². The van der Waals surface area contributed by atoms with E-state index in [-0.39, 0.29) is 23.9 Å². The van der Waals surface area contributed by atoms with Crippen molar-refractivity contribution < 1.29 is 18.1 Å². The van der Waals surface area contributed by atoms with Crippen LogP contribution in [0, 0.1) is 11.8 Å². The average molecular weight is 521 g/mol. The van der Waals surface area contributed by atoms with E-state index < -0.39 is 12.0 Å². The monoisotopic (exact) mass is 520 g/mol. The zero-order valence-corrected chi connectivity index (χ0v) is 22.5. The molecule has 1 unspecified atom stereocenters. The Morgan fingerprint density at radius 1 is 1.08 bits per heavy atom. The Kier molecular flexibility index (Phi) is 6.49. The number of piperazine rings is 1. The third kappa shape index (κ3) is 4.88. The van der Waals surface area contributed by atoms with Crippen LogP contribution in [0.3, 0.4) is 0 Å². The number of carbonyl (C=O) groups is 1. The van der Waals surface area contributed by atoms with E-state index in [2.05, 4.69) is 41.0 Å². The highest BCUT2D eigenvalue weighted by molar-refractivity contribution is 5.75. The molecule has 2 saturated heterocycles. The lowest BCUT2D eigenvalue weighted by Crippen LogP contribution is -2.65. The number of halogens is 2. The van der Waals surface area contributed by atoms with Crippen LogP contribution < -0.4 is 5.32 Å². The Bertz CT molecular complexity index is 975. The van der Waals surface area contributed by atoms with E-state index in [0.29, 0.717) is 49.7 Å². The minimum atomic E-state index is -2.89. The third-order valence-electron chi connectivity index (χ3n) is 9.87. The molecule has 0 radical (unpaired) electrons. The third-order valence-corrected chi connectivity index (χ3v) is 9.87. The maximum Gasteiger partial charge on any atom is 0.317 e. The Morgan fingerprint density at radius 3 is 2.38 bits per heavy atom. The molecule has 1 aromatic rings. The summed E-state index contributed by atoms with van der Waals surface area (Å²) in [5.41, 5.74) is -0.145. The number of hydrogen-bond donors (Lipinski definition) is 1. The fourth-order valence-corrected chi connectivity index (χ4v) is 7.52. The molecule has 3 saturated carbocycles. The first-order chi connectivity index (χ1) is 17.6. The second-order valence-corrected chi connectivity index (χ2v) is 12.9. The highest BCUT2D eigenvalue weighted by atomic mass is 19.3. The predicted molar refractivity (Wildman–Crippen MR) is 135 cm³/mol. The molecule has 1 aromatic heterocycles. The summed E-state index contributed by atoms with van der Waals surface area (Å²) in [4.78, 5) is 24.4. The molecule has 10 heteroatoms. The molecule has 3 aliphatic carbocycles. The molecule has 0 bridgehead atoms. The summed E-state index contributed by atoms with van der Waals surface area (Å²) in [6.07, 6.45) is 5.10. The van der Waals surface area contributed by atoms with Crippen LogP contribution in [0.1, 0.15) is 83.3 Å². The Hall–Kier alpha value is -1.81. The van der Waals surface area contributed by atoms with E-state index in [0.717, 1.165) is 63.6 Å². The van der Waals surface area contributed by atoms with Crippen molar-refractivity contribution in [1.82, 2.24) is 30.2 Å². The SMILES string of the molecule is CC(C)N1CCN([C@H]2CCCC(F)(F)[C@@H]2NC(=O)N2C[C@@H]3CC(C)(c4noc(C5CC5)n4)C[C@@H]3C2)CC1. The van der Waals surface area contributed by atoms with Gasteiger partial charge in [0.15, 0.2) is 5.82 Å². The van der Waals surface area contributed by atoms with Gasteiger partial charge < -0.3 is 14.7 Å². The standard InChI is InChI=1S/C27H42F2N6O2/c1-17(2)33-9-11-34(12-10-33)21-5-4-8-27(28,29)22(21)30-25(36)35-15-19-13-26(3,14-20(19)16-35)24-31-23(37-32-24)18-6-7-18/h17-22H,4-16H2,1-3H3,(H,30,36)/t19-,20+,21-,22+,26?/m0/s1. The summed E-state index contributed by atoms with van der Waals surface area (Å²) in [5, 5.41) is 7.14. The number of nitrogens with zero attached hydrogens (tertiary/aromatic N) is 5. The van der Waals surface area contributed by atoms with Gasteiger partial charge in [-0.3, -0.25) is 9.80 Å². The molecule has 6 rings (SSSR count). The van der Waals surface area contributed by atoms with Gasteiger partial charge in [-0.2, -0.15) is 4.98 Å². The Balaban J connectivity index is 1.08. The predicted octanol–water partition coefficient (Wildman–Crippen LogP) is 3.84. The van der Waals surface area contributed by atoms with E-state index >= 15 is 8.78 Å². The fourth-order valence-electron chi connectivity index (χ4n) is 7.52. The minimum Gasteiger partial charge on any atom is -0.339 e. The first-order valence-corrected chi connectivity index (χ1v) is 14.4. The number of amides is 2. The van der Waals surface area contributed by atoms with Crippen LogP contribution in [0.2, 0.25) is 0 Å². The van der Waals surface area contributed by atoms with Gasteiger partial charge in [0.25, 0.3) is 5.92 Å². The number of hydrogen-bond acceptors (Lipinski definition) is 6. The molecule has 5 atom stereocenters. The average Bonchev–Trinajstić information content (AvgIpc) is 3.29. The summed E-state index contributed by atoms with van der Waals surface area (Å²) in [6.45, 7) is 11.1. The van der Waals surface area contributed by atoms with Crippen LogP contribution in [0.5, 0.6) is 0 Å². The van der Waals surface area contributed by atoms with Crippen molar-refractivity contribution in [2.75, 3.05) is 39.3 Å². The van der Waals surface area contributed by atoms with Crippen molar-refractivity contribution in [3.05, 3.63) is 11.7 Å². The molecule has 3 heterocycles. The molecular formula is C27H42F2N6O2. The van der Waals surface area contributed by atoms with Crippen LogP contribution >= 0.6 is 0 Å². The van der Waals surface area contributed by atoms with Crippen molar-refractivity contribution in [1.29, 1.82) is 0 Å². The van der Waals surface area contributed by atoms with Gasteiger partial charge in [0, 0.05) is 69.1 Å². The molecule has 5 aliphatic rings. The van der Waals surface area contributed by atoms with Crippen molar-refractivity contribution in [3.63, 3.8) is 0 Å². The molecule has 5 fully saturated rings. The van der Waals surface area contributed by atoms with E-state index in [9.17, 15) is 4.79 Å². The smallest absolute Gasteiger partial charge is 0.317 e. The summed E-state index contributed by atoms with van der Waals surface area (Å²) >= 11 is 0. The summed E-state index contributed by atoms with van der Waals surface area (Å²) < 4.78 is 35.9. The maximum absolute atomic E-state index is 15.2. The van der Waals surface area contributed by atoms with Gasteiger partial charge >= 0.3 is 6.03 Å². The van der Waals surface area contributed by atoms with E-state index in [1.165, 1.54) is 0 Å². The normalized spacial score (nSPS) is 36.8. The van der Waals surface area contributed by atoms with Crippen molar-refractivity contribution >= 4 is 6.03 Å². The van der Waals surface area contributed by atoms with Gasteiger partial charge in [0.05, 0.1) is 0 Å². The second kappa shape index (κ2) is 9.43. The largest absolute Gasteiger partial charge is 0.339 e. The first kappa shape index (κ1) is 25.5. The summed E-state index contributed by atoms with van der Waals surface area (Å²) in [7, 11) is 0. The summed E-state index contributed by atoms with van der Waals surface area (Å²) in [5.74, 6) is -0.216. The maximum atomic E-state index is 15.2. The van der Waals surface area contributed by atoms with Crippen molar-refractivity contribution in [2.24, 2.45) is 11.8 Å². The van der Waals surface area contributed by atoms with Gasteiger partial charge in [0.1, 0.15) is 6.04 Å². The fraction of sp³-hybridized carbons (Fsp3) is 0.889. The molecule has 0 spiro atoms. The van der Waals surface area contributed by atoms with Crippen molar-refractivity contribution in [2.45, 2.75) is 101 Å². The van der Waals surface area contributed by atoms with Gasteiger partial charge in [-0.15, -0.1) is 0 Å². The molecule has 2 aliphatic heterocycles. The molecular weight excluding hydrogens is 478 g/mol. The molecule has 206 valence electrons. The number of rotatable bonds is 5. The quantitative estimate of drug-likeness (QED) is 0.636. The number of likely N-dealkylation sites (tertiary alicyclic amines) is 1. The Morgan fingerprint density at radius 2 is 1.76 bits per heavy atom. The van der Waals surface area contributed by atoms with Crippen molar-refractivity contribution in [3.8, 4) is 0 Å². The van der Waals surface area contributed by atoms with E-state index in [1.807, 2.05) is 0 Å². The molecule has 0 aromatic carbocycles. The number of urea groups is 1. The topological polar surface area (TPSA) is 77.7 Å². The highest BCUT2D eigenvalue weighted by Crippen LogP contribution is 2.50. The lowest BCUT2D eigenvalue weighted by Gasteiger charge is -2.47. The van der Waals surface area contributed by atoms with Gasteiger partial charge in [0.2, 0.25) is 5.89 Å². The van der Waals surface area contributed by atoms with Gasteiger partial charge in [-0.25, -0.2) is 13.6 Å². The van der Waals surface area contributed by atoms with E-state index in [1.54, 1.807) is 4.90 Å². The molecule has 1 N–H and O–H groups in total. The minimum absolute atomic E-state index is 0.145. The van der Waals surface area contributed by atoms with Crippen LogP contribution in [-0.4, -0.2) is 94.2 Å². The molecule has 2 amide bonds. The zero-order valence-electron chi connectivity index (χ0n) is 22.5. The van der Waals surface area contributed by atoms with Gasteiger partial charge in [-0.1, -0.05) is 12.1 Å². The van der Waals surface area contributed by atoms with Crippen LogP contribution in [-0.2, 0) is 5.41 Å².